The third kappa shape index (κ3) is 34.2. The van der Waals surface area contributed by atoms with Crippen molar-refractivity contribution in [2.24, 2.45) is 11.8 Å². The van der Waals surface area contributed by atoms with E-state index in [1.807, 2.05) is 0 Å². The molecule has 0 aromatic heterocycles. The fraction of sp³-hybridized carbons (Fsp3) is 1.00. The molecule has 2 aliphatic rings. The molecule has 4 unspecified atom stereocenters. The SMILES string of the molecule is CCC1CCC(O)C(O)CC1.CCCCCN(CCCCC)CC1CCC(O)C(O)CC1.CCCCCNCCCCC.[2H]CF.[K+].[OH-]. The second kappa shape index (κ2) is 41.7. The van der Waals surface area contributed by atoms with Crippen molar-refractivity contribution in [3.8, 4) is 0 Å². The smallest absolute Gasteiger partial charge is 0.870 e. The first-order chi connectivity index (χ1) is 22.2. The standard InChI is InChI=1S/C18H37NO2.C10H23N.C9H18O2.CH3F.K.H2O/c1-3-5-7-13-19(14-8-6-4-2)15-16-9-11-17(20)18(21)12-10-16;1-3-5-7-9-11-10-8-6-4-2;1-2-7-3-5-8(10)9(11)6-4-7;1-2;;/h16-18,20-21H,3-15H2,1-2H3;11H,3-10H2,1-2H3;7-11H,2-6H2,1H3;1H3;;1H2/q;;;;+1;/p-1/i;;;1D;;. The molecule has 47 heavy (non-hydrogen) atoms. The monoisotopic (exact) mass is 706 g/mol. The van der Waals surface area contributed by atoms with Gasteiger partial charge in [-0.3, -0.25) is 4.39 Å². The van der Waals surface area contributed by atoms with Gasteiger partial charge in [0.15, 0.2) is 0 Å². The Bertz CT molecular complexity index is 563. The summed E-state index contributed by atoms with van der Waals surface area (Å²) < 4.78 is 15.5. The van der Waals surface area contributed by atoms with E-state index < -0.39 is 31.6 Å². The molecule has 0 saturated heterocycles. The van der Waals surface area contributed by atoms with Gasteiger partial charge in [0.05, 0.1) is 32.9 Å². The molecule has 0 aliphatic heterocycles. The van der Waals surface area contributed by atoms with Crippen LogP contribution in [0.2, 0.25) is 0 Å². The zero-order valence-corrected chi connectivity index (χ0v) is 35.2. The number of hydrogen-bond donors (Lipinski definition) is 5. The molecule has 2 rings (SSSR count). The maximum Gasteiger partial charge on any atom is 1.00 e. The molecule has 0 radical (unpaired) electrons. The van der Waals surface area contributed by atoms with Gasteiger partial charge in [-0.25, -0.2) is 0 Å². The fourth-order valence-corrected chi connectivity index (χ4v) is 6.23. The number of rotatable bonds is 19. The number of unbranched alkanes of at least 4 members (excludes halogenated alkanes) is 8. The molecule has 2 fully saturated rings. The van der Waals surface area contributed by atoms with Crippen LogP contribution in [-0.2, 0) is 0 Å². The Morgan fingerprint density at radius 1 is 0.574 bits per heavy atom. The number of hydrogen-bond acceptors (Lipinski definition) is 7. The number of nitrogens with zero attached hydrogens (tertiary/aromatic N) is 1. The van der Waals surface area contributed by atoms with Crippen LogP contribution in [-0.4, -0.2) is 95.1 Å². The minimum Gasteiger partial charge on any atom is -0.870 e. The van der Waals surface area contributed by atoms with Crippen molar-refractivity contribution in [3.05, 3.63) is 0 Å². The Labute approximate surface area is 336 Å². The van der Waals surface area contributed by atoms with Gasteiger partial charge >= 0.3 is 51.4 Å². The fourth-order valence-electron chi connectivity index (χ4n) is 6.23. The summed E-state index contributed by atoms with van der Waals surface area (Å²) in [5.74, 6) is 1.38. The third-order valence-electron chi connectivity index (χ3n) is 9.53. The predicted octanol–water partition coefficient (Wildman–Crippen LogP) is 5.26. The second-order valence-electron chi connectivity index (χ2n) is 13.6. The summed E-state index contributed by atoms with van der Waals surface area (Å²) in [7, 11) is -1.00. The molecule has 0 spiro atoms. The van der Waals surface area contributed by atoms with Crippen molar-refractivity contribution >= 4 is 0 Å². The van der Waals surface area contributed by atoms with Crippen LogP contribution >= 0.6 is 0 Å². The van der Waals surface area contributed by atoms with E-state index in [0.717, 1.165) is 63.8 Å². The quantitative estimate of drug-likeness (QED) is 0.0706. The zero-order chi connectivity index (χ0) is 34.8. The van der Waals surface area contributed by atoms with E-state index in [1.165, 1.54) is 110 Å². The minimum atomic E-state index is -1.00. The van der Waals surface area contributed by atoms with Crippen LogP contribution in [0.15, 0.2) is 0 Å². The van der Waals surface area contributed by atoms with E-state index in [2.05, 4.69) is 44.8 Å². The van der Waals surface area contributed by atoms with Gasteiger partial charge in [0.2, 0.25) is 0 Å². The predicted molar refractivity (Wildman–Crippen MR) is 195 cm³/mol. The Morgan fingerprint density at radius 3 is 1.21 bits per heavy atom. The first-order valence-electron chi connectivity index (χ1n) is 19.9. The summed E-state index contributed by atoms with van der Waals surface area (Å²) in [6.07, 6.45) is 22.6. The van der Waals surface area contributed by atoms with Crippen LogP contribution in [0.4, 0.5) is 4.39 Å². The molecule has 7 nitrogen and oxygen atoms in total. The molecule has 2 saturated carbocycles. The number of aliphatic hydroxyl groups excluding tert-OH is 4. The summed E-state index contributed by atoms with van der Waals surface area (Å²) in [4.78, 5) is 2.64. The molecule has 0 bridgehead atoms. The van der Waals surface area contributed by atoms with Gasteiger partial charge in [-0.2, -0.15) is 0 Å². The van der Waals surface area contributed by atoms with Crippen molar-refractivity contribution in [1.82, 2.24) is 10.2 Å². The van der Waals surface area contributed by atoms with E-state index in [4.69, 9.17) is 1.37 Å². The van der Waals surface area contributed by atoms with Crippen molar-refractivity contribution < 1.29 is 83.0 Å². The van der Waals surface area contributed by atoms with Gasteiger partial charge in [-0.05, 0) is 115 Å². The van der Waals surface area contributed by atoms with E-state index >= 15 is 0 Å². The molecule has 9 heteroatoms. The minimum absolute atomic E-state index is 0. The first kappa shape index (κ1) is 52.6. The van der Waals surface area contributed by atoms with Gasteiger partial charge in [-0.15, -0.1) is 0 Å². The summed E-state index contributed by atoms with van der Waals surface area (Å²) in [5.41, 5.74) is 0. The van der Waals surface area contributed by atoms with Gasteiger partial charge in [0, 0.05) is 6.54 Å². The van der Waals surface area contributed by atoms with Crippen LogP contribution < -0.4 is 56.7 Å². The third-order valence-corrected chi connectivity index (χ3v) is 9.53. The van der Waals surface area contributed by atoms with Crippen LogP contribution in [0.25, 0.3) is 0 Å². The number of halogens is 1. The van der Waals surface area contributed by atoms with Crippen LogP contribution in [0, 0.1) is 11.8 Å². The van der Waals surface area contributed by atoms with Gasteiger partial charge in [0.1, 0.15) is 0 Å². The van der Waals surface area contributed by atoms with E-state index in [1.54, 1.807) is 0 Å². The molecular formula is C38H82FKN2O5. The molecule has 6 N–H and O–H groups in total. The molecular weight excluding hydrogens is 623 g/mol. The molecule has 2 aliphatic carbocycles. The van der Waals surface area contributed by atoms with Crippen molar-refractivity contribution in [2.45, 2.75) is 194 Å². The normalized spacial score (nSPS) is 24.3. The Morgan fingerprint density at radius 2 is 0.894 bits per heavy atom. The summed E-state index contributed by atoms with van der Waals surface area (Å²) in [5, 5.41) is 41.7. The average molecular weight is 706 g/mol. The van der Waals surface area contributed by atoms with Gasteiger partial charge in [0.25, 0.3) is 0 Å². The number of nitrogens with one attached hydrogen (secondary N) is 1. The zero-order valence-electron chi connectivity index (χ0n) is 33.1. The van der Waals surface area contributed by atoms with E-state index in [9.17, 15) is 24.8 Å². The largest absolute Gasteiger partial charge is 1.00 e. The van der Waals surface area contributed by atoms with Gasteiger partial charge < -0.3 is 36.1 Å². The van der Waals surface area contributed by atoms with Crippen LogP contribution in [0.3, 0.4) is 0 Å². The van der Waals surface area contributed by atoms with Gasteiger partial charge in [-0.1, -0.05) is 92.4 Å². The summed E-state index contributed by atoms with van der Waals surface area (Å²) in [6, 6.07) is 0. The maximum atomic E-state index is 9.96. The van der Waals surface area contributed by atoms with E-state index in [0.29, 0.717) is 5.92 Å². The maximum absolute atomic E-state index is 9.96. The number of aliphatic hydroxyl groups is 4. The first-order valence-corrected chi connectivity index (χ1v) is 19.2. The van der Waals surface area contributed by atoms with Crippen LogP contribution in [0.1, 0.15) is 171 Å². The molecule has 282 valence electrons. The molecule has 0 amide bonds. The van der Waals surface area contributed by atoms with Crippen molar-refractivity contribution in [2.75, 3.05) is 39.9 Å². The van der Waals surface area contributed by atoms with Crippen molar-refractivity contribution in [1.29, 1.82) is 0 Å². The average Bonchev–Trinajstić information content (AvgIpc) is 3.32. The summed E-state index contributed by atoms with van der Waals surface area (Å²) in [6.45, 7) is 17.2. The molecule has 0 heterocycles. The molecule has 0 aromatic rings. The topological polar surface area (TPSA) is 126 Å². The van der Waals surface area contributed by atoms with Crippen molar-refractivity contribution in [3.63, 3.8) is 0 Å². The Kier molecular flexibility index (Phi) is 46.7. The molecule has 0 aromatic carbocycles. The molecule has 4 atom stereocenters. The Balaban J connectivity index is -0.000000306. The van der Waals surface area contributed by atoms with E-state index in [-0.39, 0.29) is 56.9 Å². The number of alkyl halides is 1. The second-order valence-corrected chi connectivity index (χ2v) is 13.6. The van der Waals surface area contributed by atoms with Crippen LogP contribution in [0.5, 0.6) is 0 Å². The Hall–Kier alpha value is 1.29. The summed E-state index contributed by atoms with van der Waals surface area (Å²) >= 11 is 0.